The zero-order valence-electron chi connectivity index (χ0n) is 14.9. The normalized spacial score (nSPS) is 17.6. The molecule has 3 heterocycles. The molecule has 0 saturated heterocycles. The lowest BCUT2D eigenvalue weighted by atomic mass is 10.1. The van der Waals surface area contributed by atoms with Crippen LogP contribution in [-0.2, 0) is 11.3 Å². The number of nitrogens with zero attached hydrogens (tertiary/aromatic N) is 3. The molecule has 0 unspecified atom stereocenters. The monoisotopic (exact) mass is 356 g/mol. The number of ether oxygens (including phenoxy) is 1. The van der Waals surface area contributed by atoms with Gasteiger partial charge in [-0.15, -0.1) is 0 Å². The van der Waals surface area contributed by atoms with Crippen molar-refractivity contribution in [2.24, 2.45) is 0 Å². The van der Waals surface area contributed by atoms with Crippen LogP contribution in [0.4, 0.5) is 5.95 Å². The van der Waals surface area contributed by atoms with E-state index in [0.717, 1.165) is 42.1 Å². The summed E-state index contributed by atoms with van der Waals surface area (Å²) in [6, 6.07) is 10.5. The molecule has 0 spiro atoms. The Morgan fingerprint density at radius 2 is 2.11 bits per heavy atom. The van der Waals surface area contributed by atoms with Gasteiger partial charge in [0.1, 0.15) is 6.61 Å². The molecule has 0 amide bonds. The van der Waals surface area contributed by atoms with E-state index < -0.39 is 0 Å². The molecule has 134 valence electrons. The van der Waals surface area contributed by atoms with Gasteiger partial charge in [0, 0.05) is 42.1 Å². The van der Waals surface area contributed by atoms with Crippen LogP contribution in [0.15, 0.2) is 78.5 Å². The average Bonchev–Trinajstić information content (AvgIpc) is 3.10. The smallest absolute Gasteiger partial charge is 0.227 e. The molecule has 27 heavy (non-hydrogen) atoms. The molecule has 0 radical (unpaired) electrons. The number of anilines is 1. The Hall–Kier alpha value is -3.34. The van der Waals surface area contributed by atoms with Crippen molar-refractivity contribution in [3.8, 4) is 11.3 Å². The molecule has 2 aromatic heterocycles. The second-order valence-corrected chi connectivity index (χ2v) is 6.72. The summed E-state index contributed by atoms with van der Waals surface area (Å²) in [4.78, 5) is 9.09. The minimum atomic E-state index is 0.579. The van der Waals surface area contributed by atoms with E-state index in [1.807, 2.05) is 12.1 Å². The van der Waals surface area contributed by atoms with E-state index in [2.05, 4.69) is 63.6 Å². The molecule has 0 saturated carbocycles. The Morgan fingerprint density at radius 3 is 3.11 bits per heavy atom. The summed E-state index contributed by atoms with van der Waals surface area (Å²) in [5.74, 6) is 1.58. The summed E-state index contributed by atoms with van der Waals surface area (Å²) in [7, 11) is 0. The van der Waals surface area contributed by atoms with Gasteiger partial charge in [0.05, 0.1) is 11.5 Å². The van der Waals surface area contributed by atoms with Crippen molar-refractivity contribution < 1.29 is 4.74 Å². The van der Waals surface area contributed by atoms with E-state index in [4.69, 9.17) is 9.72 Å². The van der Waals surface area contributed by atoms with E-state index in [1.165, 1.54) is 10.9 Å². The largest absolute Gasteiger partial charge is 0.494 e. The van der Waals surface area contributed by atoms with E-state index in [9.17, 15) is 0 Å². The first-order valence-electron chi connectivity index (χ1n) is 9.23. The van der Waals surface area contributed by atoms with E-state index in [1.54, 1.807) is 6.20 Å². The van der Waals surface area contributed by atoms with Crippen molar-refractivity contribution in [3.05, 3.63) is 78.5 Å². The Morgan fingerprint density at radius 1 is 1.11 bits per heavy atom. The quantitative estimate of drug-likeness (QED) is 0.595. The molecular weight excluding hydrogens is 336 g/mol. The summed E-state index contributed by atoms with van der Waals surface area (Å²) in [6.07, 6.45) is 14.2. The topological polar surface area (TPSA) is 52.0 Å². The Labute approximate surface area is 157 Å². The van der Waals surface area contributed by atoms with Crippen molar-refractivity contribution >= 4 is 16.9 Å². The molecular formula is C22H20N4O. The van der Waals surface area contributed by atoms with Gasteiger partial charge in [0.25, 0.3) is 0 Å². The lowest BCUT2D eigenvalue weighted by Gasteiger charge is -2.15. The van der Waals surface area contributed by atoms with Crippen molar-refractivity contribution in [3.63, 3.8) is 0 Å². The predicted molar refractivity (Wildman–Crippen MR) is 107 cm³/mol. The van der Waals surface area contributed by atoms with Gasteiger partial charge in [-0.3, -0.25) is 0 Å². The van der Waals surface area contributed by atoms with Crippen LogP contribution < -0.4 is 5.32 Å². The van der Waals surface area contributed by atoms with Crippen molar-refractivity contribution in [1.29, 1.82) is 0 Å². The number of nitrogens with one attached hydrogen (secondary N) is 1. The fourth-order valence-corrected chi connectivity index (χ4v) is 3.50. The lowest BCUT2D eigenvalue weighted by molar-refractivity contribution is 0.234. The highest BCUT2D eigenvalue weighted by Crippen LogP contribution is 2.25. The zero-order valence-corrected chi connectivity index (χ0v) is 14.9. The highest BCUT2D eigenvalue weighted by atomic mass is 16.5. The van der Waals surface area contributed by atoms with E-state index in [-0.39, 0.29) is 0 Å². The predicted octanol–water partition coefficient (Wildman–Crippen LogP) is 4.66. The molecule has 5 nitrogen and oxygen atoms in total. The fourth-order valence-electron chi connectivity index (χ4n) is 3.50. The second kappa shape index (κ2) is 6.76. The molecule has 6 bridgehead atoms. The molecule has 0 fully saturated rings. The average molecular weight is 356 g/mol. The van der Waals surface area contributed by atoms with Crippen LogP contribution in [0.1, 0.15) is 12.8 Å². The SMILES string of the molecule is C1=C2C=C(CC1)OC/C=C\Cn1ccc3ccc(cc31)-c1ccnc(n1)N2. The Bertz CT molecular complexity index is 1090. The van der Waals surface area contributed by atoms with Gasteiger partial charge in [-0.05, 0) is 42.2 Å². The number of benzene rings is 1. The summed E-state index contributed by atoms with van der Waals surface area (Å²) >= 11 is 0. The summed E-state index contributed by atoms with van der Waals surface area (Å²) < 4.78 is 8.15. The third kappa shape index (κ3) is 3.24. The summed E-state index contributed by atoms with van der Waals surface area (Å²) in [5, 5.41) is 4.54. The number of hydrogen-bond donors (Lipinski definition) is 1. The summed E-state index contributed by atoms with van der Waals surface area (Å²) in [5.41, 5.74) is 4.16. The van der Waals surface area contributed by atoms with Gasteiger partial charge in [0.2, 0.25) is 5.95 Å². The maximum Gasteiger partial charge on any atom is 0.227 e. The third-order valence-corrected chi connectivity index (χ3v) is 4.89. The number of aromatic nitrogens is 3. The molecule has 1 aliphatic heterocycles. The van der Waals surface area contributed by atoms with Gasteiger partial charge < -0.3 is 14.6 Å². The lowest BCUT2D eigenvalue weighted by Crippen LogP contribution is -2.07. The molecule has 1 aliphatic carbocycles. The van der Waals surface area contributed by atoms with E-state index in [0.29, 0.717) is 12.6 Å². The number of hydrogen-bond acceptors (Lipinski definition) is 4. The van der Waals surface area contributed by atoms with Crippen molar-refractivity contribution in [2.75, 3.05) is 11.9 Å². The Balaban J connectivity index is 1.61. The van der Waals surface area contributed by atoms with Crippen LogP contribution in [0.25, 0.3) is 22.2 Å². The molecule has 3 aromatic rings. The standard InChI is InChI=1S/C22H20N4O/c1-2-13-27-19-5-3-4-18(15-19)24-22-23-10-8-20(25-22)17-7-6-16-9-12-26(11-1)21(16)14-17/h1-2,4,6-10,12,14-15H,3,5,11,13H2,(H,23,24,25)/b2-1-. The first-order chi connectivity index (χ1) is 13.3. The van der Waals surface area contributed by atoms with Crippen LogP contribution in [0.5, 0.6) is 0 Å². The molecule has 5 heteroatoms. The maximum atomic E-state index is 5.91. The minimum absolute atomic E-state index is 0.579. The highest BCUT2D eigenvalue weighted by Gasteiger charge is 2.10. The molecule has 1 N–H and O–H groups in total. The van der Waals surface area contributed by atoms with Crippen LogP contribution in [0.3, 0.4) is 0 Å². The van der Waals surface area contributed by atoms with Crippen LogP contribution in [0.2, 0.25) is 0 Å². The van der Waals surface area contributed by atoms with Gasteiger partial charge in [-0.2, -0.15) is 0 Å². The van der Waals surface area contributed by atoms with E-state index >= 15 is 0 Å². The third-order valence-electron chi connectivity index (χ3n) is 4.89. The maximum absolute atomic E-state index is 5.91. The van der Waals surface area contributed by atoms with Gasteiger partial charge in [-0.25, -0.2) is 9.97 Å². The zero-order chi connectivity index (χ0) is 18.1. The van der Waals surface area contributed by atoms with Crippen molar-refractivity contribution in [2.45, 2.75) is 19.4 Å². The van der Waals surface area contributed by atoms with Gasteiger partial charge >= 0.3 is 0 Å². The van der Waals surface area contributed by atoms with Gasteiger partial charge in [0.15, 0.2) is 0 Å². The van der Waals surface area contributed by atoms with Crippen molar-refractivity contribution in [1.82, 2.24) is 14.5 Å². The molecule has 5 rings (SSSR count). The molecule has 2 aliphatic rings. The molecule has 0 atom stereocenters. The first-order valence-corrected chi connectivity index (χ1v) is 9.23. The van der Waals surface area contributed by atoms with Gasteiger partial charge in [-0.1, -0.05) is 24.3 Å². The van der Waals surface area contributed by atoms with Crippen LogP contribution in [0, 0.1) is 0 Å². The van der Waals surface area contributed by atoms with Crippen LogP contribution in [-0.4, -0.2) is 21.1 Å². The number of fused-ring (bicyclic) bond motifs is 5. The molecule has 1 aromatic carbocycles. The highest BCUT2D eigenvalue weighted by molar-refractivity contribution is 5.85. The fraction of sp³-hybridized carbons (Fsp3) is 0.182. The second-order valence-electron chi connectivity index (χ2n) is 6.72. The number of allylic oxidation sites excluding steroid dienone is 4. The van der Waals surface area contributed by atoms with Crippen LogP contribution >= 0.6 is 0 Å². The minimum Gasteiger partial charge on any atom is -0.494 e. The summed E-state index contributed by atoms with van der Waals surface area (Å²) in [6.45, 7) is 1.40. The Kier molecular flexibility index (Phi) is 3.98. The first kappa shape index (κ1) is 15.9. The number of rotatable bonds is 0.